The zero-order chi connectivity index (χ0) is 32.2. The maximum atomic E-state index is 14.2. The zero-order valence-corrected chi connectivity index (χ0v) is 25.2. The number of pyridine rings is 1. The van der Waals surface area contributed by atoms with Crippen molar-refractivity contribution in [3.8, 4) is 17.2 Å². The van der Waals surface area contributed by atoms with Crippen LogP contribution in [0.3, 0.4) is 0 Å². The largest absolute Gasteiger partial charge is 0.456 e. The third-order valence-electron chi connectivity index (χ3n) is 6.14. The third-order valence-corrected chi connectivity index (χ3v) is 6.53. The third kappa shape index (κ3) is 7.85. The Hall–Kier alpha value is -4.62. The number of carbonyl (C=O) groups is 2. The van der Waals surface area contributed by atoms with E-state index >= 15 is 0 Å². The summed E-state index contributed by atoms with van der Waals surface area (Å²) in [6, 6.07) is 13.1. The molecular formula is C30H30ClF3N6O4. The van der Waals surface area contributed by atoms with Gasteiger partial charge in [-0.3, -0.25) is 10.1 Å². The smallest absolute Gasteiger partial charge is 0.421 e. The second-order valence-electron chi connectivity index (χ2n) is 10.7. The van der Waals surface area contributed by atoms with Crippen LogP contribution >= 0.6 is 11.6 Å². The Morgan fingerprint density at radius 1 is 0.977 bits per heavy atom. The quantitative estimate of drug-likeness (QED) is 0.185. The lowest BCUT2D eigenvalue weighted by atomic mass is 9.92. The first-order chi connectivity index (χ1) is 20.7. The van der Waals surface area contributed by atoms with Gasteiger partial charge in [0.15, 0.2) is 0 Å². The number of methoxy groups -OCH3 is 1. The van der Waals surface area contributed by atoms with E-state index in [9.17, 15) is 22.8 Å². The topological polar surface area (TPSA) is 119 Å². The van der Waals surface area contributed by atoms with Crippen LogP contribution in [0.1, 0.15) is 37.6 Å². The summed E-state index contributed by atoms with van der Waals surface area (Å²) in [4.78, 5) is 28.8. The molecule has 2 aromatic carbocycles. The fraction of sp³-hybridized carbons (Fsp3) is 0.267. The lowest BCUT2D eigenvalue weighted by Gasteiger charge is -2.18. The van der Waals surface area contributed by atoms with E-state index < -0.39 is 34.5 Å². The summed E-state index contributed by atoms with van der Waals surface area (Å²) < 4.78 is 54.4. The molecule has 3 amide bonds. The van der Waals surface area contributed by atoms with Gasteiger partial charge in [0.1, 0.15) is 35.3 Å². The number of halogens is 4. The van der Waals surface area contributed by atoms with Gasteiger partial charge in [-0.1, -0.05) is 50.1 Å². The first-order valence-corrected chi connectivity index (χ1v) is 13.6. The van der Waals surface area contributed by atoms with Crippen LogP contribution in [0.15, 0.2) is 60.8 Å². The number of nitrogens with zero attached hydrogens (tertiary/aromatic N) is 3. The van der Waals surface area contributed by atoms with Gasteiger partial charge in [0.05, 0.1) is 22.1 Å². The van der Waals surface area contributed by atoms with Crippen LogP contribution in [0.2, 0.25) is 5.02 Å². The highest BCUT2D eigenvalue weighted by molar-refractivity contribution is 6.35. The van der Waals surface area contributed by atoms with Crippen molar-refractivity contribution in [2.75, 3.05) is 29.7 Å². The molecule has 44 heavy (non-hydrogen) atoms. The van der Waals surface area contributed by atoms with Gasteiger partial charge in [-0.2, -0.15) is 18.3 Å². The van der Waals surface area contributed by atoms with E-state index in [1.54, 1.807) is 10.7 Å². The van der Waals surface area contributed by atoms with Gasteiger partial charge in [0.2, 0.25) is 0 Å². The molecule has 0 aliphatic rings. The predicted octanol–water partition coefficient (Wildman–Crippen LogP) is 7.57. The number of alkyl halides is 3. The molecular weight excluding hydrogens is 601 g/mol. The molecule has 232 valence electrons. The molecule has 2 aromatic heterocycles. The maximum Gasteiger partial charge on any atom is 0.421 e. The van der Waals surface area contributed by atoms with Crippen LogP contribution in [0, 0.1) is 6.92 Å². The molecule has 0 spiro atoms. The Balaban J connectivity index is 1.60. The van der Waals surface area contributed by atoms with Crippen molar-refractivity contribution in [2.45, 2.75) is 39.3 Å². The van der Waals surface area contributed by atoms with Crippen molar-refractivity contribution < 1.29 is 32.2 Å². The number of carbonyl (C=O) groups excluding carboxylic acids is 2. The first-order valence-electron chi connectivity index (χ1n) is 13.2. The van der Waals surface area contributed by atoms with E-state index in [2.05, 4.69) is 26.0 Å². The number of aromatic nitrogens is 3. The lowest BCUT2D eigenvalue weighted by molar-refractivity contribution is -0.138. The minimum absolute atomic E-state index is 0.0404. The summed E-state index contributed by atoms with van der Waals surface area (Å²) in [5.74, 6) is -0.845. The fourth-order valence-electron chi connectivity index (χ4n) is 3.97. The van der Waals surface area contributed by atoms with E-state index in [0.717, 1.165) is 11.6 Å². The van der Waals surface area contributed by atoms with Crippen molar-refractivity contribution in [3.63, 3.8) is 0 Å². The average molecular weight is 631 g/mol. The number of amides is 3. The number of rotatable bonds is 8. The summed E-state index contributed by atoms with van der Waals surface area (Å²) in [5, 5.41) is 11.3. The van der Waals surface area contributed by atoms with Crippen LogP contribution in [0.4, 0.5) is 35.3 Å². The minimum atomic E-state index is -4.95. The van der Waals surface area contributed by atoms with E-state index in [1.807, 2.05) is 52.0 Å². The maximum absolute atomic E-state index is 14.2. The fourth-order valence-corrected chi connectivity index (χ4v) is 4.28. The standard InChI is InChI=1S/C30H30ClF3N6O4/c1-17-6-8-18(9-7-17)40-24(15-22(39-40)29(2,3)4)38-28(42)36-20-10-11-21(26(27(20)31)30(32,33)34)44-19-12-13-35-23(14-19)37-25(41)16-43-5/h6-15H,16H2,1-5H3,(H,35,37,41)(H2,36,38,42). The van der Waals surface area contributed by atoms with Gasteiger partial charge in [-0.25, -0.2) is 14.5 Å². The van der Waals surface area contributed by atoms with E-state index in [4.69, 9.17) is 21.1 Å². The molecule has 0 atom stereocenters. The number of ether oxygens (including phenoxy) is 2. The minimum Gasteiger partial charge on any atom is -0.456 e. The Bertz CT molecular complexity index is 1670. The molecule has 4 rings (SSSR count). The monoisotopic (exact) mass is 630 g/mol. The highest BCUT2D eigenvalue weighted by Crippen LogP contribution is 2.45. The van der Waals surface area contributed by atoms with E-state index in [0.29, 0.717) is 17.2 Å². The molecule has 4 aromatic rings. The number of urea groups is 1. The molecule has 0 unspecified atom stereocenters. The number of benzene rings is 2. The molecule has 14 heteroatoms. The van der Waals surface area contributed by atoms with Gasteiger partial charge in [0, 0.05) is 30.9 Å². The summed E-state index contributed by atoms with van der Waals surface area (Å²) in [6.45, 7) is 7.59. The summed E-state index contributed by atoms with van der Waals surface area (Å²) in [6.07, 6.45) is -3.70. The Kier molecular flexibility index (Phi) is 9.50. The van der Waals surface area contributed by atoms with Crippen molar-refractivity contribution in [1.29, 1.82) is 0 Å². The van der Waals surface area contributed by atoms with Crippen molar-refractivity contribution in [3.05, 3.63) is 82.6 Å². The van der Waals surface area contributed by atoms with Crippen LogP contribution < -0.4 is 20.7 Å². The average Bonchev–Trinajstić information content (AvgIpc) is 3.34. The molecule has 3 N–H and O–H groups in total. The van der Waals surface area contributed by atoms with E-state index in [1.165, 1.54) is 31.5 Å². The normalized spacial score (nSPS) is 11.7. The molecule has 0 fully saturated rings. The molecule has 0 bridgehead atoms. The molecule has 0 radical (unpaired) electrons. The van der Waals surface area contributed by atoms with Crippen molar-refractivity contribution >= 4 is 40.9 Å². The van der Waals surface area contributed by atoms with Crippen LogP contribution in [0.25, 0.3) is 5.69 Å². The van der Waals surface area contributed by atoms with Gasteiger partial charge >= 0.3 is 12.2 Å². The lowest BCUT2D eigenvalue weighted by Crippen LogP contribution is -2.22. The van der Waals surface area contributed by atoms with Gasteiger partial charge in [-0.05, 0) is 37.3 Å². The summed E-state index contributed by atoms with van der Waals surface area (Å²) >= 11 is 6.21. The highest BCUT2D eigenvalue weighted by atomic mass is 35.5. The highest BCUT2D eigenvalue weighted by Gasteiger charge is 2.38. The van der Waals surface area contributed by atoms with Gasteiger partial charge < -0.3 is 20.1 Å². The summed E-state index contributed by atoms with van der Waals surface area (Å²) in [5.41, 5.74) is 0.434. The predicted molar refractivity (Wildman–Crippen MR) is 161 cm³/mol. The number of hydrogen-bond donors (Lipinski definition) is 3. The SMILES string of the molecule is COCC(=O)Nc1cc(Oc2ccc(NC(=O)Nc3cc(C(C)(C)C)nn3-c3ccc(C)cc3)c(Cl)c2C(F)(F)F)ccn1. The number of hydrogen-bond acceptors (Lipinski definition) is 6. The number of anilines is 3. The molecule has 2 heterocycles. The molecule has 0 aliphatic heterocycles. The Labute approximate surface area is 256 Å². The molecule has 0 saturated carbocycles. The first kappa shape index (κ1) is 32.3. The zero-order valence-electron chi connectivity index (χ0n) is 24.5. The van der Waals surface area contributed by atoms with Crippen molar-refractivity contribution in [2.24, 2.45) is 0 Å². The molecule has 10 nitrogen and oxygen atoms in total. The summed E-state index contributed by atoms with van der Waals surface area (Å²) in [7, 11) is 1.33. The molecule has 0 saturated heterocycles. The van der Waals surface area contributed by atoms with E-state index in [-0.39, 0.29) is 29.3 Å². The Morgan fingerprint density at radius 3 is 2.32 bits per heavy atom. The molecule has 0 aliphatic carbocycles. The number of nitrogens with one attached hydrogen (secondary N) is 3. The second-order valence-corrected chi connectivity index (χ2v) is 11.1. The Morgan fingerprint density at radius 2 is 1.68 bits per heavy atom. The van der Waals surface area contributed by atoms with Gasteiger partial charge in [0.25, 0.3) is 5.91 Å². The van der Waals surface area contributed by atoms with Crippen molar-refractivity contribution in [1.82, 2.24) is 14.8 Å². The number of aryl methyl sites for hydroxylation is 1. The van der Waals surface area contributed by atoms with Gasteiger partial charge in [-0.15, -0.1) is 0 Å². The van der Waals surface area contributed by atoms with Crippen LogP contribution in [-0.2, 0) is 21.1 Å². The second kappa shape index (κ2) is 12.9. The van der Waals surface area contributed by atoms with Crippen LogP contribution in [-0.4, -0.2) is 40.4 Å². The van der Waals surface area contributed by atoms with Crippen LogP contribution in [0.5, 0.6) is 11.5 Å².